The van der Waals surface area contributed by atoms with E-state index in [1.807, 2.05) is 30.3 Å². The summed E-state index contributed by atoms with van der Waals surface area (Å²) in [5.41, 5.74) is 2.43. The van der Waals surface area contributed by atoms with Crippen LogP contribution in [0.15, 0.2) is 60.7 Å². The SMILES string of the molecule is CN1CCN(c2ccc(-c3cccc(NC(=O)c4ccc([N+](=O)[O-])cc4)c3)nn2)CC1. The first-order valence-corrected chi connectivity index (χ1v) is 9.93. The number of hydrogen-bond acceptors (Lipinski definition) is 7. The second-order valence-electron chi connectivity index (χ2n) is 7.41. The highest BCUT2D eigenvalue weighted by atomic mass is 16.6. The Morgan fingerprint density at radius 1 is 1.00 bits per heavy atom. The van der Waals surface area contributed by atoms with Gasteiger partial charge in [-0.3, -0.25) is 14.9 Å². The molecule has 158 valence electrons. The van der Waals surface area contributed by atoms with Crippen molar-refractivity contribution in [1.29, 1.82) is 0 Å². The molecule has 1 aliphatic rings. The Balaban J connectivity index is 1.45. The van der Waals surface area contributed by atoms with Crippen molar-refractivity contribution in [2.24, 2.45) is 0 Å². The van der Waals surface area contributed by atoms with Crippen LogP contribution in [0.1, 0.15) is 10.4 Å². The smallest absolute Gasteiger partial charge is 0.269 e. The average Bonchev–Trinajstić information content (AvgIpc) is 2.80. The number of aromatic nitrogens is 2. The quantitative estimate of drug-likeness (QED) is 0.501. The first kappa shape index (κ1) is 20.4. The van der Waals surface area contributed by atoms with E-state index in [1.54, 1.807) is 6.07 Å². The molecule has 0 saturated carbocycles. The van der Waals surface area contributed by atoms with E-state index >= 15 is 0 Å². The Morgan fingerprint density at radius 3 is 2.39 bits per heavy atom. The molecule has 0 unspecified atom stereocenters. The topological polar surface area (TPSA) is 104 Å². The third kappa shape index (κ3) is 4.84. The summed E-state index contributed by atoms with van der Waals surface area (Å²) in [5, 5.41) is 22.3. The highest BCUT2D eigenvalue weighted by Gasteiger charge is 2.16. The summed E-state index contributed by atoms with van der Waals surface area (Å²) >= 11 is 0. The van der Waals surface area contributed by atoms with Crippen LogP contribution in [0.2, 0.25) is 0 Å². The summed E-state index contributed by atoms with van der Waals surface area (Å²) in [6.45, 7) is 3.85. The van der Waals surface area contributed by atoms with Crippen LogP contribution < -0.4 is 10.2 Å². The average molecular weight is 418 g/mol. The standard InChI is InChI=1S/C22H22N6O3/c1-26-11-13-27(14-12-26)21-10-9-20(24-25-21)17-3-2-4-18(15-17)23-22(29)16-5-7-19(8-6-16)28(30)31/h2-10,15H,11-14H2,1H3,(H,23,29). The molecule has 0 aliphatic carbocycles. The summed E-state index contributed by atoms with van der Waals surface area (Å²) in [4.78, 5) is 27.2. The Hall–Kier alpha value is -3.85. The predicted octanol–water partition coefficient (Wildman–Crippen LogP) is 3.06. The molecule has 1 amide bonds. The number of nitro groups is 1. The van der Waals surface area contributed by atoms with Crippen LogP contribution in [0.5, 0.6) is 0 Å². The first-order valence-electron chi connectivity index (χ1n) is 9.93. The van der Waals surface area contributed by atoms with Gasteiger partial charge in [-0.1, -0.05) is 12.1 Å². The van der Waals surface area contributed by atoms with Gasteiger partial charge in [-0.25, -0.2) is 0 Å². The number of non-ortho nitro benzene ring substituents is 1. The van der Waals surface area contributed by atoms with Gasteiger partial charge in [-0.2, -0.15) is 0 Å². The minimum atomic E-state index is -0.499. The summed E-state index contributed by atoms with van der Waals surface area (Å²) in [6, 6.07) is 16.7. The third-order valence-corrected chi connectivity index (χ3v) is 5.23. The zero-order valence-corrected chi connectivity index (χ0v) is 17.1. The molecule has 1 aromatic heterocycles. The summed E-state index contributed by atoms with van der Waals surface area (Å²) < 4.78 is 0. The van der Waals surface area contributed by atoms with Gasteiger partial charge in [-0.15, -0.1) is 10.2 Å². The molecule has 0 spiro atoms. The molecule has 2 aromatic carbocycles. The minimum Gasteiger partial charge on any atom is -0.353 e. The third-order valence-electron chi connectivity index (χ3n) is 5.23. The lowest BCUT2D eigenvalue weighted by atomic mass is 10.1. The van der Waals surface area contributed by atoms with Gasteiger partial charge in [0.2, 0.25) is 0 Å². The fraction of sp³-hybridized carbons (Fsp3) is 0.227. The van der Waals surface area contributed by atoms with E-state index in [-0.39, 0.29) is 11.6 Å². The number of hydrogen-bond donors (Lipinski definition) is 1. The number of benzene rings is 2. The predicted molar refractivity (Wildman–Crippen MR) is 118 cm³/mol. The number of likely N-dealkylation sites (N-methyl/N-ethyl adjacent to an activating group) is 1. The molecule has 1 N–H and O–H groups in total. The molecule has 1 saturated heterocycles. The molecular weight excluding hydrogens is 396 g/mol. The maximum atomic E-state index is 12.5. The molecule has 2 heterocycles. The van der Waals surface area contributed by atoms with Crippen LogP contribution in [0, 0.1) is 10.1 Å². The van der Waals surface area contributed by atoms with Crippen LogP contribution in [-0.4, -0.2) is 59.2 Å². The van der Waals surface area contributed by atoms with Gasteiger partial charge in [0, 0.05) is 55.1 Å². The van der Waals surface area contributed by atoms with Crippen molar-refractivity contribution in [3.63, 3.8) is 0 Å². The zero-order chi connectivity index (χ0) is 21.8. The van der Waals surface area contributed by atoms with E-state index in [1.165, 1.54) is 24.3 Å². The molecular formula is C22H22N6O3. The number of nitro benzene ring substituents is 1. The molecule has 4 rings (SSSR count). The van der Waals surface area contributed by atoms with E-state index in [4.69, 9.17) is 0 Å². The number of nitrogens with one attached hydrogen (secondary N) is 1. The number of carbonyl (C=O) groups is 1. The number of nitrogens with zero attached hydrogens (tertiary/aromatic N) is 5. The number of rotatable bonds is 5. The van der Waals surface area contributed by atoms with Gasteiger partial charge in [-0.05, 0) is 43.4 Å². The monoisotopic (exact) mass is 418 g/mol. The van der Waals surface area contributed by atoms with Crippen molar-refractivity contribution in [3.05, 3.63) is 76.3 Å². The fourth-order valence-electron chi connectivity index (χ4n) is 3.38. The first-order chi connectivity index (χ1) is 15.0. The normalized spacial score (nSPS) is 14.3. The Morgan fingerprint density at radius 2 is 1.74 bits per heavy atom. The second kappa shape index (κ2) is 8.88. The van der Waals surface area contributed by atoms with Gasteiger partial charge in [0.15, 0.2) is 5.82 Å². The van der Waals surface area contributed by atoms with Gasteiger partial charge >= 0.3 is 0 Å². The molecule has 3 aromatic rings. The number of anilines is 2. The molecule has 0 radical (unpaired) electrons. The molecule has 0 atom stereocenters. The fourth-order valence-corrected chi connectivity index (χ4v) is 3.38. The van der Waals surface area contributed by atoms with Crippen molar-refractivity contribution >= 4 is 23.1 Å². The van der Waals surface area contributed by atoms with E-state index < -0.39 is 4.92 Å². The van der Waals surface area contributed by atoms with Gasteiger partial charge < -0.3 is 15.1 Å². The van der Waals surface area contributed by atoms with Crippen LogP contribution in [-0.2, 0) is 0 Å². The lowest BCUT2D eigenvalue weighted by Crippen LogP contribution is -2.44. The summed E-state index contributed by atoms with van der Waals surface area (Å²) in [7, 11) is 2.11. The van der Waals surface area contributed by atoms with E-state index in [9.17, 15) is 14.9 Å². The Bertz CT molecular complexity index is 1080. The van der Waals surface area contributed by atoms with E-state index in [2.05, 4.69) is 32.4 Å². The Labute approximate surface area is 179 Å². The van der Waals surface area contributed by atoms with Crippen LogP contribution in [0.3, 0.4) is 0 Å². The highest BCUT2D eigenvalue weighted by molar-refractivity contribution is 6.04. The maximum absolute atomic E-state index is 12.5. The highest BCUT2D eigenvalue weighted by Crippen LogP contribution is 2.23. The van der Waals surface area contributed by atoms with E-state index in [0.29, 0.717) is 16.9 Å². The second-order valence-corrected chi connectivity index (χ2v) is 7.41. The molecule has 0 bridgehead atoms. The molecule has 31 heavy (non-hydrogen) atoms. The Kier molecular flexibility index (Phi) is 5.85. The number of piperazine rings is 1. The zero-order valence-electron chi connectivity index (χ0n) is 17.1. The minimum absolute atomic E-state index is 0.0582. The van der Waals surface area contributed by atoms with Crippen molar-refractivity contribution in [2.45, 2.75) is 0 Å². The van der Waals surface area contributed by atoms with Crippen molar-refractivity contribution in [3.8, 4) is 11.3 Å². The van der Waals surface area contributed by atoms with Crippen molar-refractivity contribution in [1.82, 2.24) is 15.1 Å². The number of carbonyl (C=O) groups excluding carboxylic acids is 1. The molecule has 9 heteroatoms. The van der Waals surface area contributed by atoms with Gasteiger partial charge in [0.05, 0.1) is 10.6 Å². The van der Waals surface area contributed by atoms with Crippen LogP contribution in [0.4, 0.5) is 17.2 Å². The lowest BCUT2D eigenvalue weighted by Gasteiger charge is -2.32. The van der Waals surface area contributed by atoms with Gasteiger partial charge in [0.25, 0.3) is 11.6 Å². The number of amides is 1. The van der Waals surface area contributed by atoms with Crippen LogP contribution in [0.25, 0.3) is 11.3 Å². The van der Waals surface area contributed by atoms with Crippen molar-refractivity contribution < 1.29 is 9.72 Å². The van der Waals surface area contributed by atoms with Crippen molar-refractivity contribution in [2.75, 3.05) is 43.4 Å². The largest absolute Gasteiger partial charge is 0.353 e. The maximum Gasteiger partial charge on any atom is 0.269 e. The molecule has 1 fully saturated rings. The molecule has 1 aliphatic heterocycles. The summed E-state index contributed by atoms with van der Waals surface area (Å²) in [5.74, 6) is 0.517. The van der Waals surface area contributed by atoms with Gasteiger partial charge in [0.1, 0.15) is 0 Å². The molecule has 9 nitrogen and oxygen atoms in total. The van der Waals surface area contributed by atoms with Crippen LogP contribution >= 0.6 is 0 Å². The summed E-state index contributed by atoms with van der Waals surface area (Å²) in [6.07, 6.45) is 0. The van der Waals surface area contributed by atoms with E-state index in [0.717, 1.165) is 37.6 Å². The lowest BCUT2D eigenvalue weighted by molar-refractivity contribution is -0.384.